The minimum Gasteiger partial charge on any atom is -0.350 e. The van der Waals surface area contributed by atoms with Crippen LogP contribution in [0.3, 0.4) is 0 Å². The molecule has 7 heteroatoms. The van der Waals surface area contributed by atoms with E-state index in [1.165, 1.54) is 12.2 Å². The minimum atomic E-state index is -3.95. The van der Waals surface area contributed by atoms with Gasteiger partial charge in [0.25, 0.3) is 5.91 Å². The lowest BCUT2D eigenvalue weighted by molar-refractivity contribution is -0.117. The first-order valence-electron chi connectivity index (χ1n) is 5.33. The molecule has 18 heavy (non-hydrogen) atoms. The first-order chi connectivity index (χ1) is 8.21. The van der Waals surface area contributed by atoms with Crippen molar-refractivity contribution in [2.24, 2.45) is 5.14 Å². The highest BCUT2D eigenvalue weighted by Crippen LogP contribution is 2.24. The Morgan fingerprint density at radius 1 is 1.44 bits per heavy atom. The predicted octanol–water partition coefficient (Wildman–Crippen LogP) is 1.14. The Labute approximate surface area is 111 Å². The zero-order valence-electron chi connectivity index (χ0n) is 10.1. The molecule has 0 atom stereocenters. The average molecular weight is 291 g/mol. The Bertz CT molecular complexity index is 545. The van der Waals surface area contributed by atoms with Crippen LogP contribution in [0.4, 0.5) is 0 Å². The lowest BCUT2D eigenvalue weighted by Gasteiger charge is -2.09. The fourth-order valence-electron chi connectivity index (χ4n) is 1.38. The number of rotatable bonds is 3. The number of primary sulfonamides is 1. The molecule has 1 amide bonds. The maximum absolute atomic E-state index is 11.8. The van der Waals surface area contributed by atoms with Crippen molar-refractivity contribution in [3.8, 4) is 0 Å². The SMILES string of the molecule is CC(C)NC(=O)C1=CCC=C(Cl)C(S(N)(=O)=O)=C1. The van der Waals surface area contributed by atoms with Crippen LogP contribution in [0.25, 0.3) is 0 Å². The van der Waals surface area contributed by atoms with Crippen LogP contribution < -0.4 is 10.5 Å². The first-order valence-corrected chi connectivity index (χ1v) is 7.26. The van der Waals surface area contributed by atoms with Crippen LogP contribution in [0.5, 0.6) is 0 Å². The van der Waals surface area contributed by atoms with E-state index in [1.54, 1.807) is 6.08 Å². The van der Waals surface area contributed by atoms with E-state index in [1.807, 2.05) is 13.8 Å². The third-order valence-corrected chi connectivity index (χ3v) is 3.57. The van der Waals surface area contributed by atoms with Gasteiger partial charge in [-0.3, -0.25) is 4.79 Å². The van der Waals surface area contributed by atoms with Crippen molar-refractivity contribution in [1.82, 2.24) is 5.32 Å². The van der Waals surface area contributed by atoms with Crippen molar-refractivity contribution in [2.75, 3.05) is 0 Å². The number of nitrogens with two attached hydrogens (primary N) is 1. The summed E-state index contributed by atoms with van der Waals surface area (Å²) in [6.45, 7) is 3.62. The molecule has 1 aliphatic carbocycles. The normalized spacial score (nSPS) is 16.6. The monoisotopic (exact) mass is 290 g/mol. The van der Waals surface area contributed by atoms with Crippen LogP contribution in [0.15, 0.2) is 33.7 Å². The Morgan fingerprint density at radius 2 is 2.06 bits per heavy atom. The third-order valence-electron chi connectivity index (χ3n) is 2.15. The van der Waals surface area contributed by atoms with Gasteiger partial charge in [0.1, 0.15) is 4.91 Å². The zero-order valence-corrected chi connectivity index (χ0v) is 11.7. The van der Waals surface area contributed by atoms with Gasteiger partial charge in [0.05, 0.1) is 5.03 Å². The summed E-state index contributed by atoms with van der Waals surface area (Å²) in [6.07, 6.45) is 4.65. The van der Waals surface area contributed by atoms with Gasteiger partial charge in [-0.2, -0.15) is 0 Å². The highest BCUT2D eigenvalue weighted by atomic mass is 35.5. The molecule has 0 saturated heterocycles. The fourth-order valence-corrected chi connectivity index (χ4v) is 2.49. The van der Waals surface area contributed by atoms with Crippen molar-refractivity contribution >= 4 is 27.5 Å². The summed E-state index contributed by atoms with van der Waals surface area (Å²) in [4.78, 5) is 11.6. The molecule has 100 valence electrons. The summed E-state index contributed by atoms with van der Waals surface area (Å²) >= 11 is 5.82. The number of carbonyl (C=O) groups is 1. The van der Waals surface area contributed by atoms with Crippen LogP contribution in [-0.4, -0.2) is 20.4 Å². The molecule has 0 bridgehead atoms. The van der Waals surface area contributed by atoms with Gasteiger partial charge in [0, 0.05) is 11.6 Å². The number of carbonyl (C=O) groups excluding carboxylic acids is 1. The van der Waals surface area contributed by atoms with Gasteiger partial charge in [-0.05, 0) is 26.3 Å². The standard InChI is InChI=1S/C11H15ClN2O3S/c1-7(2)14-11(15)8-4-3-5-9(12)10(6-8)18(13,16)17/h4-7H,3H2,1-2H3,(H,14,15)(H2,13,16,17). The van der Waals surface area contributed by atoms with Crippen molar-refractivity contribution in [1.29, 1.82) is 0 Å². The highest BCUT2D eigenvalue weighted by molar-refractivity contribution is 7.93. The second-order valence-electron chi connectivity index (χ2n) is 4.13. The van der Waals surface area contributed by atoms with Gasteiger partial charge >= 0.3 is 0 Å². The maximum atomic E-state index is 11.8. The lowest BCUT2D eigenvalue weighted by atomic mass is 10.2. The average Bonchev–Trinajstić information content (AvgIpc) is 2.37. The molecule has 0 aromatic carbocycles. The lowest BCUT2D eigenvalue weighted by Crippen LogP contribution is -2.31. The maximum Gasteiger partial charge on any atom is 0.251 e. The largest absolute Gasteiger partial charge is 0.350 e. The fraction of sp³-hybridized carbons (Fsp3) is 0.364. The van der Waals surface area contributed by atoms with Crippen LogP contribution in [-0.2, 0) is 14.8 Å². The van der Waals surface area contributed by atoms with E-state index in [0.717, 1.165) is 0 Å². The molecular weight excluding hydrogens is 276 g/mol. The Kier molecular flexibility index (Phi) is 4.72. The van der Waals surface area contributed by atoms with Gasteiger partial charge in [-0.25, -0.2) is 13.6 Å². The molecule has 0 fully saturated rings. The zero-order chi connectivity index (χ0) is 13.9. The summed E-state index contributed by atoms with van der Waals surface area (Å²) in [5, 5.41) is 7.76. The quantitative estimate of drug-likeness (QED) is 0.817. The molecule has 0 aromatic heterocycles. The predicted molar refractivity (Wildman–Crippen MR) is 71.1 cm³/mol. The summed E-state index contributed by atoms with van der Waals surface area (Å²) in [7, 11) is -3.95. The first kappa shape index (κ1) is 14.9. The van der Waals surface area contributed by atoms with Gasteiger partial charge in [0.2, 0.25) is 10.0 Å². The smallest absolute Gasteiger partial charge is 0.251 e. The molecule has 1 rings (SSSR count). The van der Waals surface area contributed by atoms with Crippen LogP contribution >= 0.6 is 11.6 Å². The molecule has 0 aromatic rings. The molecule has 0 saturated carbocycles. The summed E-state index contributed by atoms with van der Waals surface area (Å²) in [5.74, 6) is -0.356. The second kappa shape index (κ2) is 5.69. The van der Waals surface area contributed by atoms with E-state index in [9.17, 15) is 13.2 Å². The van der Waals surface area contributed by atoms with Gasteiger partial charge in [-0.15, -0.1) is 0 Å². The molecule has 0 heterocycles. The van der Waals surface area contributed by atoms with E-state index in [4.69, 9.17) is 16.7 Å². The highest BCUT2D eigenvalue weighted by Gasteiger charge is 2.20. The van der Waals surface area contributed by atoms with Gasteiger partial charge < -0.3 is 5.32 Å². The number of hydrogen-bond donors (Lipinski definition) is 2. The number of nitrogens with one attached hydrogen (secondary N) is 1. The van der Waals surface area contributed by atoms with Crippen LogP contribution in [0.2, 0.25) is 0 Å². The van der Waals surface area contributed by atoms with E-state index < -0.39 is 10.0 Å². The van der Waals surface area contributed by atoms with Gasteiger partial charge in [-0.1, -0.05) is 23.8 Å². The molecule has 1 aliphatic rings. The molecule has 0 unspecified atom stereocenters. The second-order valence-corrected chi connectivity index (χ2v) is 6.07. The van der Waals surface area contributed by atoms with Crippen LogP contribution in [0.1, 0.15) is 20.3 Å². The van der Waals surface area contributed by atoms with Crippen molar-refractivity contribution in [3.05, 3.63) is 33.7 Å². The Hall–Kier alpha value is -1.11. The molecule has 0 radical (unpaired) electrons. The van der Waals surface area contributed by atoms with Crippen LogP contribution in [0, 0.1) is 0 Å². The molecule has 0 spiro atoms. The van der Waals surface area contributed by atoms with Gasteiger partial charge in [0.15, 0.2) is 0 Å². The topological polar surface area (TPSA) is 89.3 Å². The Morgan fingerprint density at radius 3 is 2.56 bits per heavy atom. The van der Waals surface area contributed by atoms with Crippen molar-refractivity contribution < 1.29 is 13.2 Å². The molecule has 0 aliphatic heterocycles. The summed E-state index contributed by atoms with van der Waals surface area (Å²) in [5.41, 5.74) is 0.236. The van der Waals surface area contributed by atoms with E-state index in [0.29, 0.717) is 6.42 Å². The summed E-state index contributed by atoms with van der Waals surface area (Å²) < 4.78 is 22.7. The number of allylic oxidation sites excluding steroid dienone is 3. The third kappa shape index (κ3) is 3.97. The molecular formula is C11H15ClN2O3S. The van der Waals surface area contributed by atoms with E-state index >= 15 is 0 Å². The number of hydrogen-bond acceptors (Lipinski definition) is 3. The summed E-state index contributed by atoms with van der Waals surface area (Å²) in [6, 6.07) is -0.0450. The number of sulfonamides is 1. The minimum absolute atomic E-state index is 0.0288. The van der Waals surface area contributed by atoms with Crippen molar-refractivity contribution in [2.45, 2.75) is 26.3 Å². The van der Waals surface area contributed by atoms with Crippen molar-refractivity contribution in [3.63, 3.8) is 0 Å². The Balaban J connectivity index is 3.14. The molecule has 5 nitrogen and oxygen atoms in total. The number of amides is 1. The van der Waals surface area contributed by atoms with E-state index in [-0.39, 0.29) is 27.5 Å². The number of halogens is 1. The molecule has 3 N–H and O–H groups in total. The van der Waals surface area contributed by atoms with E-state index in [2.05, 4.69) is 5.32 Å².